The van der Waals surface area contributed by atoms with Crippen molar-refractivity contribution in [2.45, 2.75) is 0 Å². The van der Waals surface area contributed by atoms with Crippen molar-refractivity contribution >= 4 is 51.1 Å². The Hall–Kier alpha value is -3.10. The fraction of sp³-hybridized carbons (Fsp3) is 0.105. The lowest BCUT2D eigenvalue weighted by molar-refractivity contribution is -0.120. The molecule has 0 spiro atoms. The molecular formula is C19H16ClN3O4S. The highest BCUT2D eigenvalue weighted by Crippen LogP contribution is 2.34. The van der Waals surface area contributed by atoms with Gasteiger partial charge in [-0.05, 0) is 29.8 Å². The van der Waals surface area contributed by atoms with Gasteiger partial charge in [-0.15, -0.1) is 11.3 Å². The average Bonchev–Trinajstić information content (AvgIpc) is 3.04. The number of ether oxygens (including phenoxy) is 1. The molecule has 1 aromatic heterocycles. The number of benzene rings is 2. The van der Waals surface area contributed by atoms with Crippen molar-refractivity contribution in [3.63, 3.8) is 0 Å². The Balaban J connectivity index is 1.55. The first-order valence-electron chi connectivity index (χ1n) is 8.13. The third-order valence-corrected chi connectivity index (χ3v) is 5.43. The summed E-state index contributed by atoms with van der Waals surface area (Å²) in [5.41, 5.74) is 2.94. The minimum absolute atomic E-state index is 0.00583. The van der Waals surface area contributed by atoms with E-state index in [1.807, 2.05) is 24.3 Å². The van der Waals surface area contributed by atoms with Gasteiger partial charge in [-0.2, -0.15) is 5.10 Å². The van der Waals surface area contributed by atoms with Gasteiger partial charge in [-0.3, -0.25) is 9.59 Å². The zero-order valence-electron chi connectivity index (χ0n) is 14.7. The van der Waals surface area contributed by atoms with E-state index in [4.69, 9.17) is 16.3 Å². The van der Waals surface area contributed by atoms with Gasteiger partial charge >= 0.3 is 0 Å². The van der Waals surface area contributed by atoms with Crippen molar-refractivity contribution in [3.8, 4) is 11.5 Å². The molecule has 0 fully saturated rings. The van der Waals surface area contributed by atoms with Crippen LogP contribution in [0.4, 0.5) is 0 Å². The number of amides is 2. The fourth-order valence-corrected chi connectivity index (χ4v) is 3.83. The molecule has 2 aromatic carbocycles. The number of thiophene rings is 1. The molecule has 0 aliphatic carbocycles. The Labute approximate surface area is 169 Å². The summed E-state index contributed by atoms with van der Waals surface area (Å²) >= 11 is 7.52. The summed E-state index contributed by atoms with van der Waals surface area (Å²) in [6.07, 6.45) is 1.39. The lowest BCUT2D eigenvalue weighted by Gasteiger charge is -2.04. The Morgan fingerprint density at radius 1 is 1.29 bits per heavy atom. The van der Waals surface area contributed by atoms with Gasteiger partial charge in [0.25, 0.3) is 11.8 Å². The minimum Gasteiger partial charge on any atom is -0.504 e. The van der Waals surface area contributed by atoms with Gasteiger partial charge in [0.1, 0.15) is 4.88 Å². The number of fused-ring (bicyclic) bond motifs is 1. The number of carbonyl (C=O) groups is 2. The minimum atomic E-state index is -0.493. The van der Waals surface area contributed by atoms with Crippen molar-refractivity contribution in [1.29, 1.82) is 0 Å². The second kappa shape index (κ2) is 8.73. The smallest absolute Gasteiger partial charge is 0.263 e. The highest BCUT2D eigenvalue weighted by atomic mass is 35.5. The van der Waals surface area contributed by atoms with E-state index in [2.05, 4.69) is 15.8 Å². The molecule has 0 radical (unpaired) electrons. The van der Waals surface area contributed by atoms with E-state index < -0.39 is 11.8 Å². The van der Waals surface area contributed by atoms with Crippen LogP contribution in [0.3, 0.4) is 0 Å². The number of hydrazone groups is 1. The number of aromatic hydroxyl groups is 1. The van der Waals surface area contributed by atoms with E-state index in [0.717, 1.165) is 10.1 Å². The zero-order valence-corrected chi connectivity index (χ0v) is 16.3. The molecule has 0 saturated carbocycles. The number of methoxy groups -OCH3 is 1. The van der Waals surface area contributed by atoms with Gasteiger partial charge in [-0.25, -0.2) is 5.43 Å². The highest BCUT2D eigenvalue weighted by Gasteiger charge is 2.17. The zero-order chi connectivity index (χ0) is 20.1. The molecule has 2 amide bonds. The molecule has 0 bridgehead atoms. The Kier molecular flexibility index (Phi) is 6.13. The van der Waals surface area contributed by atoms with E-state index in [1.165, 1.54) is 30.7 Å². The SMILES string of the molecule is COc1cc(/C=N/NC(=O)CNC(=O)c2sc3ccccc3c2Cl)ccc1O. The van der Waals surface area contributed by atoms with Crippen LogP contribution in [0.1, 0.15) is 15.2 Å². The van der Waals surface area contributed by atoms with Crippen LogP contribution >= 0.6 is 22.9 Å². The maximum absolute atomic E-state index is 12.3. The van der Waals surface area contributed by atoms with Crippen LogP contribution in [0.25, 0.3) is 10.1 Å². The number of halogens is 1. The molecule has 3 rings (SSSR count). The van der Waals surface area contributed by atoms with Gasteiger partial charge in [-0.1, -0.05) is 29.8 Å². The van der Waals surface area contributed by atoms with Gasteiger partial charge < -0.3 is 15.2 Å². The quantitative estimate of drug-likeness (QED) is 0.423. The van der Waals surface area contributed by atoms with Crippen LogP contribution in [-0.4, -0.2) is 36.8 Å². The van der Waals surface area contributed by atoms with Crippen molar-refractivity contribution in [2.24, 2.45) is 5.10 Å². The molecule has 0 saturated heterocycles. The second-order valence-electron chi connectivity index (χ2n) is 5.65. The van der Waals surface area contributed by atoms with E-state index in [1.54, 1.807) is 12.1 Å². The molecule has 144 valence electrons. The van der Waals surface area contributed by atoms with Crippen molar-refractivity contribution < 1.29 is 19.4 Å². The first-order chi connectivity index (χ1) is 13.5. The highest BCUT2D eigenvalue weighted by molar-refractivity contribution is 7.21. The first-order valence-corrected chi connectivity index (χ1v) is 9.33. The maximum atomic E-state index is 12.3. The molecule has 7 nitrogen and oxygen atoms in total. The number of carbonyl (C=O) groups excluding carboxylic acids is 2. The van der Waals surface area contributed by atoms with Gasteiger partial charge in [0.05, 0.1) is 24.9 Å². The number of hydrogen-bond donors (Lipinski definition) is 3. The number of nitrogens with one attached hydrogen (secondary N) is 2. The van der Waals surface area contributed by atoms with Crippen LogP contribution in [-0.2, 0) is 4.79 Å². The molecule has 28 heavy (non-hydrogen) atoms. The lowest BCUT2D eigenvalue weighted by Crippen LogP contribution is -2.34. The summed E-state index contributed by atoms with van der Waals surface area (Å²) in [6.45, 7) is -0.250. The van der Waals surface area contributed by atoms with E-state index in [0.29, 0.717) is 21.2 Å². The average molecular weight is 418 g/mol. The van der Waals surface area contributed by atoms with Crippen LogP contribution in [0.5, 0.6) is 11.5 Å². The number of hydrogen-bond acceptors (Lipinski definition) is 6. The normalized spacial score (nSPS) is 10.9. The topological polar surface area (TPSA) is 100 Å². The standard InChI is InChI=1S/C19H16ClN3O4S/c1-27-14-8-11(6-7-13(14)24)9-22-23-16(25)10-21-19(26)18-17(20)12-4-2-3-5-15(12)28-18/h2-9,24H,10H2,1H3,(H,21,26)(H,23,25)/b22-9+. The molecule has 9 heteroatoms. The predicted molar refractivity (Wildman–Crippen MR) is 110 cm³/mol. The van der Waals surface area contributed by atoms with Crippen molar-refractivity contribution in [1.82, 2.24) is 10.7 Å². The molecule has 0 unspecified atom stereocenters. The first kappa shape index (κ1) is 19.7. The van der Waals surface area contributed by atoms with E-state index >= 15 is 0 Å². The predicted octanol–water partition coefficient (Wildman–Crippen LogP) is 3.15. The Morgan fingerprint density at radius 2 is 2.07 bits per heavy atom. The van der Waals surface area contributed by atoms with Crippen LogP contribution in [0.15, 0.2) is 47.6 Å². The van der Waals surface area contributed by atoms with Crippen molar-refractivity contribution in [2.75, 3.05) is 13.7 Å². The van der Waals surface area contributed by atoms with Gasteiger partial charge in [0.15, 0.2) is 11.5 Å². The summed E-state index contributed by atoms with van der Waals surface area (Å²) in [6, 6.07) is 12.1. The lowest BCUT2D eigenvalue weighted by atomic mass is 10.2. The Morgan fingerprint density at radius 3 is 2.82 bits per heavy atom. The van der Waals surface area contributed by atoms with Crippen molar-refractivity contribution in [3.05, 3.63) is 57.9 Å². The van der Waals surface area contributed by atoms with Crippen LogP contribution in [0, 0.1) is 0 Å². The van der Waals surface area contributed by atoms with Gasteiger partial charge in [0, 0.05) is 10.1 Å². The summed E-state index contributed by atoms with van der Waals surface area (Å²) in [5, 5.41) is 17.1. The third kappa shape index (κ3) is 4.41. The molecule has 0 atom stereocenters. The number of nitrogens with zero attached hydrogens (tertiary/aromatic N) is 1. The van der Waals surface area contributed by atoms with E-state index in [9.17, 15) is 14.7 Å². The second-order valence-corrected chi connectivity index (χ2v) is 7.08. The van der Waals surface area contributed by atoms with Crippen LogP contribution in [0.2, 0.25) is 5.02 Å². The molecule has 3 aromatic rings. The Bertz CT molecular complexity index is 1060. The third-order valence-electron chi connectivity index (χ3n) is 3.76. The maximum Gasteiger partial charge on any atom is 0.263 e. The van der Waals surface area contributed by atoms with Gasteiger partial charge in [0.2, 0.25) is 0 Å². The monoisotopic (exact) mass is 417 g/mol. The summed E-state index contributed by atoms with van der Waals surface area (Å²) in [4.78, 5) is 24.5. The summed E-state index contributed by atoms with van der Waals surface area (Å²) in [5.74, 6) is -0.616. The number of phenols is 1. The molecule has 0 aliphatic rings. The summed E-state index contributed by atoms with van der Waals surface area (Å²) < 4.78 is 5.89. The summed E-state index contributed by atoms with van der Waals surface area (Å²) in [7, 11) is 1.43. The number of phenolic OH excluding ortho intramolecular Hbond substituents is 1. The largest absolute Gasteiger partial charge is 0.504 e. The molecular weight excluding hydrogens is 402 g/mol. The van der Waals surface area contributed by atoms with Crippen LogP contribution < -0.4 is 15.5 Å². The molecule has 0 aliphatic heterocycles. The fourth-order valence-electron chi connectivity index (χ4n) is 2.39. The van der Waals surface area contributed by atoms with E-state index in [-0.39, 0.29) is 12.3 Å². The molecule has 1 heterocycles. The molecule has 3 N–H and O–H groups in total. The number of rotatable bonds is 6.